The molecule has 0 atom stereocenters. The first-order chi connectivity index (χ1) is 9.29. The number of carbonyl (C=O) groups is 1. The van der Waals surface area contributed by atoms with Gasteiger partial charge < -0.3 is 4.90 Å². The van der Waals surface area contributed by atoms with Crippen LogP contribution in [0.4, 0.5) is 11.4 Å². The van der Waals surface area contributed by atoms with Crippen LogP contribution in [0.1, 0.15) is 22.3 Å². The van der Waals surface area contributed by atoms with Gasteiger partial charge in [0.25, 0.3) is 0 Å². The quantitative estimate of drug-likeness (QED) is 0.762. The number of anilines is 2. The minimum atomic E-state index is 0.510. The average Bonchev–Trinajstić information content (AvgIpc) is 2.46. The molecule has 0 amide bonds. The summed E-state index contributed by atoms with van der Waals surface area (Å²) in [5.74, 6) is 0. The molecule has 0 saturated carbocycles. The first-order valence-electron chi connectivity index (χ1n) is 6.40. The zero-order chi connectivity index (χ0) is 13.2. The van der Waals surface area contributed by atoms with Crippen molar-refractivity contribution in [3.63, 3.8) is 0 Å². The first kappa shape index (κ1) is 12.2. The Balaban J connectivity index is 2.04. The summed E-state index contributed by atoms with van der Waals surface area (Å²) in [6.07, 6.45) is 3.03. The fourth-order valence-electron chi connectivity index (χ4n) is 2.58. The molecule has 0 aromatic heterocycles. The molecule has 1 aliphatic rings. The standard InChI is InChI=1S/C16H14ClNO/c17-15-10-14(8-7-13(15)11-19)18-9-3-5-12-4-1-2-6-16(12)18/h1-2,4,6-8,10-11H,3,5,9H2. The molecule has 19 heavy (non-hydrogen) atoms. The predicted molar refractivity (Wildman–Crippen MR) is 78.6 cm³/mol. The van der Waals surface area contributed by atoms with Crippen LogP contribution >= 0.6 is 11.6 Å². The second-order valence-corrected chi connectivity index (χ2v) is 5.11. The Morgan fingerprint density at radius 1 is 1.16 bits per heavy atom. The van der Waals surface area contributed by atoms with Gasteiger partial charge in [-0.15, -0.1) is 0 Å². The highest BCUT2D eigenvalue weighted by Gasteiger charge is 2.18. The fourth-order valence-corrected chi connectivity index (χ4v) is 2.80. The van der Waals surface area contributed by atoms with Crippen molar-refractivity contribution in [1.82, 2.24) is 0 Å². The molecule has 0 fully saturated rings. The second kappa shape index (κ2) is 5.06. The topological polar surface area (TPSA) is 20.3 Å². The van der Waals surface area contributed by atoms with E-state index in [-0.39, 0.29) is 0 Å². The largest absolute Gasteiger partial charge is 0.341 e. The number of hydrogen-bond donors (Lipinski definition) is 0. The Morgan fingerprint density at radius 3 is 2.79 bits per heavy atom. The molecule has 0 bridgehead atoms. The molecule has 3 heteroatoms. The lowest BCUT2D eigenvalue weighted by Crippen LogP contribution is -2.24. The summed E-state index contributed by atoms with van der Waals surface area (Å²) in [6.45, 7) is 0.980. The molecule has 2 aromatic carbocycles. The minimum absolute atomic E-state index is 0.510. The van der Waals surface area contributed by atoms with Gasteiger partial charge in [0.2, 0.25) is 0 Å². The molecule has 0 radical (unpaired) electrons. The number of fused-ring (bicyclic) bond motifs is 1. The maximum atomic E-state index is 10.8. The zero-order valence-corrected chi connectivity index (χ0v) is 11.2. The SMILES string of the molecule is O=Cc1ccc(N2CCCc3ccccc32)cc1Cl. The number of aldehydes is 1. The molecule has 0 N–H and O–H groups in total. The van der Waals surface area contributed by atoms with Crippen molar-refractivity contribution in [2.24, 2.45) is 0 Å². The third-order valence-corrected chi connectivity index (χ3v) is 3.86. The van der Waals surface area contributed by atoms with E-state index in [1.54, 1.807) is 6.07 Å². The van der Waals surface area contributed by atoms with E-state index >= 15 is 0 Å². The molecule has 1 aliphatic heterocycles. The van der Waals surface area contributed by atoms with Crippen molar-refractivity contribution in [2.45, 2.75) is 12.8 Å². The number of benzene rings is 2. The van der Waals surface area contributed by atoms with Crippen molar-refractivity contribution >= 4 is 29.3 Å². The van der Waals surface area contributed by atoms with Gasteiger partial charge >= 0.3 is 0 Å². The molecular weight excluding hydrogens is 258 g/mol. The molecule has 2 aromatic rings. The molecule has 3 rings (SSSR count). The van der Waals surface area contributed by atoms with Crippen LogP contribution in [0.5, 0.6) is 0 Å². The summed E-state index contributed by atoms with van der Waals surface area (Å²) in [5.41, 5.74) is 4.19. The van der Waals surface area contributed by atoms with Crippen molar-refractivity contribution in [2.75, 3.05) is 11.4 Å². The van der Waals surface area contributed by atoms with Crippen LogP contribution in [0.2, 0.25) is 5.02 Å². The van der Waals surface area contributed by atoms with E-state index in [9.17, 15) is 4.79 Å². The van der Waals surface area contributed by atoms with Crippen LogP contribution < -0.4 is 4.90 Å². The summed E-state index contributed by atoms with van der Waals surface area (Å²) in [7, 11) is 0. The summed E-state index contributed by atoms with van der Waals surface area (Å²) < 4.78 is 0. The number of hydrogen-bond acceptors (Lipinski definition) is 2. The second-order valence-electron chi connectivity index (χ2n) is 4.71. The van der Waals surface area contributed by atoms with Crippen molar-refractivity contribution in [3.05, 3.63) is 58.6 Å². The van der Waals surface area contributed by atoms with E-state index in [4.69, 9.17) is 11.6 Å². The van der Waals surface area contributed by atoms with E-state index in [2.05, 4.69) is 29.2 Å². The van der Waals surface area contributed by atoms with Crippen LogP contribution in [0.25, 0.3) is 0 Å². The van der Waals surface area contributed by atoms with Crippen LogP contribution in [0.15, 0.2) is 42.5 Å². The number of para-hydroxylation sites is 1. The van der Waals surface area contributed by atoms with Crippen LogP contribution in [0.3, 0.4) is 0 Å². The third kappa shape index (κ3) is 2.24. The van der Waals surface area contributed by atoms with Crippen LogP contribution in [0, 0.1) is 0 Å². The van der Waals surface area contributed by atoms with Crippen molar-refractivity contribution in [1.29, 1.82) is 0 Å². The van der Waals surface area contributed by atoms with E-state index in [0.29, 0.717) is 10.6 Å². The maximum Gasteiger partial charge on any atom is 0.151 e. The smallest absolute Gasteiger partial charge is 0.151 e. The molecule has 0 unspecified atom stereocenters. The molecule has 0 spiro atoms. The lowest BCUT2D eigenvalue weighted by Gasteiger charge is -2.31. The summed E-state index contributed by atoms with van der Waals surface area (Å²) in [6, 6.07) is 14.0. The summed E-state index contributed by atoms with van der Waals surface area (Å²) >= 11 is 6.12. The molecule has 2 nitrogen and oxygen atoms in total. The highest BCUT2D eigenvalue weighted by molar-refractivity contribution is 6.33. The van der Waals surface area contributed by atoms with Crippen molar-refractivity contribution in [3.8, 4) is 0 Å². The number of nitrogens with zero attached hydrogens (tertiary/aromatic N) is 1. The van der Waals surface area contributed by atoms with E-state index in [0.717, 1.165) is 31.4 Å². The summed E-state index contributed by atoms with van der Waals surface area (Å²) in [5, 5.41) is 0.510. The minimum Gasteiger partial charge on any atom is -0.341 e. The monoisotopic (exact) mass is 271 g/mol. The Kier molecular flexibility index (Phi) is 3.26. The van der Waals surface area contributed by atoms with Gasteiger partial charge in [0.05, 0.1) is 5.02 Å². The Labute approximate surface area is 117 Å². The van der Waals surface area contributed by atoms with E-state index < -0.39 is 0 Å². The molecule has 0 saturated heterocycles. The molecule has 96 valence electrons. The highest BCUT2D eigenvalue weighted by Crippen LogP contribution is 2.34. The maximum absolute atomic E-state index is 10.8. The third-order valence-electron chi connectivity index (χ3n) is 3.53. The molecule has 0 aliphatic carbocycles. The first-order valence-corrected chi connectivity index (χ1v) is 6.77. The normalized spacial score (nSPS) is 14.1. The Morgan fingerprint density at radius 2 is 2.00 bits per heavy atom. The van der Waals surface area contributed by atoms with Crippen LogP contribution in [-0.4, -0.2) is 12.8 Å². The summed E-state index contributed by atoms with van der Waals surface area (Å²) in [4.78, 5) is 13.1. The van der Waals surface area contributed by atoms with Gasteiger partial charge in [0.15, 0.2) is 6.29 Å². The number of aryl methyl sites for hydroxylation is 1. The average molecular weight is 272 g/mol. The van der Waals surface area contributed by atoms with Gasteiger partial charge in [0, 0.05) is 23.5 Å². The molecule has 1 heterocycles. The molecular formula is C16H14ClNO. The van der Waals surface area contributed by atoms with E-state index in [1.165, 1.54) is 11.3 Å². The van der Waals surface area contributed by atoms with Gasteiger partial charge in [-0.1, -0.05) is 29.8 Å². The van der Waals surface area contributed by atoms with Gasteiger partial charge in [-0.05, 0) is 42.7 Å². The zero-order valence-electron chi connectivity index (χ0n) is 10.5. The van der Waals surface area contributed by atoms with Gasteiger partial charge in [0.1, 0.15) is 0 Å². The number of halogens is 1. The van der Waals surface area contributed by atoms with Crippen molar-refractivity contribution < 1.29 is 4.79 Å². The van der Waals surface area contributed by atoms with Gasteiger partial charge in [-0.25, -0.2) is 0 Å². The Hall–Kier alpha value is -1.80. The van der Waals surface area contributed by atoms with Gasteiger partial charge in [-0.2, -0.15) is 0 Å². The Bertz CT molecular complexity index is 624. The number of rotatable bonds is 2. The number of carbonyl (C=O) groups excluding carboxylic acids is 1. The lowest BCUT2D eigenvalue weighted by molar-refractivity contribution is 0.112. The highest BCUT2D eigenvalue weighted by atomic mass is 35.5. The van der Waals surface area contributed by atoms with E-state index in [1.807, 2.05) is 12.1 Å². The van der Waals surface area contributed by atoms with Gasteiger partial charge in [-0.3, -0.25) is 4.79 Å². The van der Waals surface area contributed by atoms with Crippen LogP contribution in [-0.2, 0) is 6.42 Å². The lowest BCUT2D eigenvalue weighted by atomic mass is 10.0. The fraction of sp³-hybridized carbons (Fsp3) is 0.188. The predicted octanol–water partition coefficient (Wildman–Crippen LogP) is 4.24.